The van der Waals surface area contributed by atoms with E-state index >= 15 is 0 Å². The first kappa shape index (κ1) is 16.9. The zero-order valence-electron chi connectivity index (χ0n) is 13.3. The van der Waals surface area contributed by atoms with Gasteiger partial charge in [0.2, 0.25) is 0 Å². The van der Waals surface area contributed by atoms with Crippen molar-refractivity contribution in [3.63, 3.8) is 0 Å². The lowest BCUT2D eigenvalue weighted by Crippen LogP contribution is -2.34. The van der Waals surface area contributed by atoms with Crippen molar-refractivity contribution in [3.05, 3.63) is 65.1 Å². The highest BCUT2D eigenvalue weighted by Crippen LogP contribution is 2.22. The van der Waals surface area contributed by atoms with Gasteiger partial charge in [0, 0.05) is 10.7 Å². The van der Waals surface area contributed by atoms with Gasteiger partial charge in [-0.25, -0.2) is 0 Å². The minimum atomic E-state index is -0.780. The summed E-state index contributed by atoms with van der Waals surface area (Å²) in [5.74, 6) is 0.0934. The summed E-state index contributed by atoms with van der Waals surface area (Å²) in [6.07, 6.45) is 1.54. The number of rotatable bonds is 4. The molecule has 0 fully saturated rings. The van der Waals surface area contributed by atoms with Crippen molar-refractivity contribution in [2.45, 2.75) is 13.5 Å². The molecule has 0 radical (unpaired) electrons. The summed E-state index contributed by atoms with van der Waals surface area (Å²) < 4.78 is 10.8. The number of hydrogen-bond acceptors (Lipinski definition) is 4. The monoisotopic (exact) mass is 358 g/mol. The number of nitrogens with one attached hydrogen (secondary N) is 2. The van der Waals surface area contributed by atoms with E-state index in [9.17, 15) is 9.59 Å². The molecule has 7 heteroatoms. The summed E-state index contributed by atoms with van der Waals surface area (Å²) >= 11 is 5.99. The van der Waals surface area contributed by atoms with Gasteiger partial charge in [0.25, 0.3) is 0 Å². The normalized spacial score (nSPS) is 10.5. The Morgan fingerprint density at radius 3 is 2.64 bits per heavy atom. The Bertz CT molecular complexity index is 900. The number of furan rings is 2. The van der Waals surface area contributed by atoms with Gasteiger partial charge in [-0.15, -0.1) is 0 Å². The van der Waals surface area contributed by atoms with Crippen LogP contribution in [0.5, 0.6) is 0 Å². The molecule has 0 aliphatic carbocycles. The fourth-order valence-electron chi connectivity index (χ4n) is 2.13. The maximum absolute atomic E-state index is 11.9. The molecule has 2 heterocycles. The highest BCUT2D eigenvalue weighted by atomic mass is 35.5. The first-order valence-electron chi connectivity index (χ1n) is 7.51. The first-order valence-corrected chi connectivity index (χ1v) is 7.88. The predicted octanol–water partition coefficient (Wildman–Crippen LogP) is 3.76. The molecule has 0 unspecified atom stereocenters. The van der Waals surface area contributed by atoms with Crippen LogP contribution in [0.1, 0.15) is 11.3 Å². The summed E-state index contributed by atoms with van der Waals surface area (Å²) in [5, 5.41) is 5.50. The van der Waals surface area contributed by atoms with Crippen LogP contribution in [0.15, 0.2) is 57.6 Å². The van der Waals surface area contributed by atoms with Crippen LogP contribution in [0.2, 0.25) is 5.02 Å². The lowest BCUT2D eigenvalue weighted by Gasteiger charge is -2.07. The highest BCUT2D eigenvalue weighted by molar-refractivity contribution is 6.39. The third-order valence-corrected chi connectivity index (χ3v) is 3.89. The second-order valence-electron chi connectivity index (χ2n) is 5.34. The molecular formula is C18H15ClN2O4. The zero-order valence-corrected chi connectivity index (χ0v) is 14.1. The van der Waals surface area contributed by atoms with E-state index in [1.54, 1.807) is 48.7 Å². The zero-order chi connectivity index (χ0) is 17.8. The number of benzene rings is 1. The van der Waals surface area contributed by atoms with Gasteiger partial charge in [0.1, 0.15) is 5.76 Å². The molecule has 2 aromatic heterocycles. The quantitative estimate of drug-likeness (QED) is 0.695. The van der Waals surface area contributed by atoms with Gasteiger partial charge in [-0.05, 0) is 48.9 Å². The van der Waals surface area contributed by atoms with Gasteiger partial charge < -0.3 is 19.5 Å². The third-order valence-electron chi connectivity index (χ3n) is 3.48. The van der Waals surface area contributed by atoms with Crippen LogP contribution < -0.4 is 10.6 Å². The largest absolute Gasteiger partial charge is 0.461 e. The molecule has 2 N–H and O–H groups in total. The Morgan fingerprint density at radius 2 is 1.92 bits per heavy atom. The highest BCUT2D eigenvalue weighted by Gasteiger charge is 2.15. The van der Waals surface area contributed by atoms with Crippen LogP contribution in [-0.2, 0) is 16.1 Å². The van der Waals surface area contributed by atoms with Crippen molar-refractivity contribution in [1.29, 1.82) is 0 Å². The van der Waals surface area contributed by atoms with Gasteiger partial charge in [-0.3, -0.25) is 9.59 Å². The van der Waals surface area contributed by atoms with Gasteiger partial charge in [-0.2, -0.15) is 0 Å². The Hall–Kier alpha value is -2.99. The van der Waals surface area contributed by atoms with Crippen LogP contribution in [0, 0.1) is 6.92 Å². The fourth-order valence-corrected chi connectivity index (χ4v) is 2.31. The average molecular weight is 359 g/mol. The second kappa shape index (κ2) is 7.27. The van der Waals surface area contributed by atoms with E-state index in [-0.39, 0.29) is 6.54 Å². The van der Waals surface area contributed by atoms with Crippen LogP contribution in [-0.4, -0.2) is 11.8 Å². The van der Waals surface area contributed by atoms with Crippen LogP contribution in [0.3, 0.4) is 0 Å². The Labute approximate surface area is 148 Å². The molecule has 3 rings (SSSR count). The molecule has 2 amide bonds. The summed E-state index contributed by atoms with van der Waals surface area (Å²) in [5.41, 5.74) is 1.34. The molecule has 0 atom stereocenters. The average Bonchev–Trinajstić information content (AvgIpc) is 3.26. The van der Waals surface area contributed by atoms with Crippen molar-refractivity contribution in [3.8, 4) is 11.5 Å². The predicted molar refractivity (Wildman–Crippen MR) is 93.1 cm³/mol. The number of anilines is 1. The SMILES string of the molecule is Cc1ccc(NC(=O)C(=O)NCc2ccc(-c3ccco3)o2)cc1Cl. The molecule has 128 valence electrons. The van der Waals surface area contributed by atoms with Crippen molar-refractivity contribution < 1.29 is 18.4 Å². The van der Waals surface area contributed by atoms with Crippen molar-refractivity contribution in [2.24, 2.45) is 0 Å². The molecule has 3 aromatic rings. The number of carbonyl (C=O) groups is 2. The molecule has 0 aliphatic rings. The summed E-state index contributed by atoms with van der Waals surface area (Å²) in [6, 6.07) is 12.0. The Kier molecular flexibility index (Phi) is 4.90. The number of amides is 2. The fraction of sp³-hybridized carbons (Fsp3) is 0.111. The van der Waals surface area contributed by atoms with Gasteiger partial charge in [0.05, 0.1) is 12.8 Å². The topological polar surface area (TPSA) is 84.5 Å². The second-order valence-corrected chi connectivity index (χ2v) is 5.75. The van der Waals surface area contributed by atoms with E-state index < -0.39 is 11.8 Å². The van der Waals surface area contributed by atoms with Crippen molar-refractivity contribution in [2.75, 3.05) is 5.32 Å². The van der Waals surface area contributed by atoms with Gasteiger partial charge >= 0.3 is 11.8 Å². The molecule has 25 heavy (non-hydrogen) atoms. The Morgan fingerprint density at radius 1 is 1.08 bits per heavy atom. The van der Waals surface area contributed by atoms with E-state index in [2.05, 4.69) is 10.6 Å². The number of aryl methyl sites for hydroxylation is 1. The van der Waals surface area contributed by atoms with Gasteiger partial charge in [-0.1, -0.05) is 17.7 Å². The standard InChI is InChI=1S/C18H15ClN2O4/c1-11-4-5-12(9-14(11)19)21-18(23)17(22)20-10-13-6-7-16(25-13)15-3-2-8-24-15/h2-9H,10H2,1H3,(H,20,22)(H,21,23). The first-order chi connectivity index (χ1) is 12.0. The smallest absolute Gasteiger partial charge is 0.313 e. The van der Waals surface area contributed by atoms with Crippen molar-refractivity contribution in [1.82, 2.24) is 5.32 Å². The third kappa shape index (κ3) is 4.10. The lowest BCUT2D eigenvalue weighted by molar-refractivity contribution is -0.136. The maximum atomic E-state index is 11.9. The summed E-state index contributed by atoms with van der Waals surface area (Å²) in [4.78, 5) is 23.8. The van der Waals surface area contributed by atoms with E-state index in [1.807, 2.05) is 6.92 Å². The molecule has 0 spiro atoms. The van der Waals surface area contributed by atoms with Crippen LogP contribution in [0.4, 0.5) is 5.69 Å². The van der Waals surface area contributed by atoms with Crippen LogP contribution in [0.25, 0.3) is 11.5 Å². The minimum absolute atomic E-state index is 0.0849. The van der Waals surface area contributed by atoms with Crippen molar-refractivity contribution >= 4 is 29.1 Å². The molecule has 0 saturated carbocycles. The summed E-state index contributed by atoms with van der Waals surface area (Å²) in [6.45, 7) is 1.93. The summed E-state index contributed by atoms with van der Waals surface area (Å²) in [7, 11) is 0. The minimum Gasteiger partial charge on any atom is -0.461 e. The molecule has 0 aliphatic heterocycles. The molecule has 6 nitrogen and oxygen atoms in total. The molecular weight excluding hydrogens is 344 g/mol. The number of carbonyl (C=O) groups excluding carboxylic acids is 2. The number of hydrogen-bond donors (Lipinski definition) is 2. The van der Waals surface area contributed by atoms with E-state index in [4.69, 9.17) is 20.4 Å². The molecule has 0 saturated heterocycles. The maximum Gasteiger partial charge on any atom is 0.313 e. The number of halogens is 1. The van der Waals surface area contributed by atoms with Crippen LogP contribution >= 0.6 is 11.6 Å². The molecule has 1 aromatic carbocycles. The molecule has 0 bridgehead atoms. The van der Waals surface area contributed by atoms with E-state index in [0.717, 1.165) is 5.56 Å². The lowest BCUT2D eigenvalue weighted by atomic mass is 10.2. The van der Waals surface area contributed by atoms with E-state index in [0.29, 0.717) is 28.0 Å². The Balaban J connectivity index is 1.55. The van der Waals surface area contributed by atoms with E-state index in [1.165, 1.54) is 0 Å². The van der Waals surface area contributed by atoms with Gasteiger partial charge in [0.15, 0.2) is 11.5 Å².